The zero-order valence-electron chi connectivity index (χ0n) is 13.0. The van der Waals surface area contributed by atoms with Crippen molar-refractivity contribution in [1.82, 2.24) is 0 Å². The van der Waals surface area contributed by atoms with Crippen molar-refractivity contribution in [3.8, 4) is 5.75 Å². The van der Waals surface area contributed by atoms with Gasteiger partial charge in [0.2, 0.25) is 0 Å². The Balaban J connectivity index is 1.73. The summed E-state index contributed by atoms with van der Waals surface area (Å²) in [6, 6.07) is 7.70. The van der Waals surface area contributed by atoms with E-state index in [1.165, 1.54) is 19.3 Å². The first-order valence-corrected chi connectivity index (χ1v) is 7.87. The summed E-state index contributed by atoms with van der Waals surface area (Å²) in [5.74, 6) is 1.39. The number of para-hydroxylation sites is 2. The zero-order chi connectivity index (χ0) is 15.1. The maximum absolute atomic E-state index is 10.1. The molecular weight excluding hydrogens is 266 g/mol. The number of aliphatic hydroxyl groups excluding tert-OH is 1. The molecule has 4 heteroatoms. The Morgan fingerprint density at radius 2 is 2.05 bits per heavy atom. The maximum Gasteiger partial charge on any atom is 0.141 e. The molecule has 0 amide bonds. The first-order chi connectivity index (χ1) is 10.2. The second-order valence-corrected chi connectivity index (χ2v) is 5.87. The predicted molar refractivity (Wildman–Crippen MR) is 84.9 cm³/mol. The van der Waals surface area contributed by atoms with Crippen LogP contribution in [0.5, 0.6) is 5.75 Å². The third-order valence-electron chi connectivity index (χ3n) is 4.17. The van der Waals surface area contributed by atoms with Crippen molar-refractivity contribution in [1.29, 1.82) is 0 Å². The standard InChI is InChI=1S/C17H27NO3/c1-13-7-3-5-9-16(13)21-12-14(19)11-18-15-8-4-6-10-17(15)20-2/h4,6,8,10,13-14,16,18-19H,3,5,7,9,11-12H2,1-2H3. The van der Waals surface area contributed by atoms with Gasteiger partial charge in [0.25, 0.3) is 0 Å². The van der Waals surface area contributed by atoms with Crippen LogP contribution >= 0.6 is 0 Å². The van der Waals surface area contributed by atoms with Crippen molar-refractivity contribution < 1.29 is 14.6 Å². The molecule has 1 fully saturated rings. The van der Waals surface area contributed by atoms with Gasteiger partial charge in [-0.2, -0.15) is 0 Å². The van der Waals surface area contributed by atoms with E-state index in [2.05, 4.69) is 12.2 Å². The van der Waals surface area contributed by atoms with Crippen LogP contribution in [-0.4, -0.2) is 37.6 Å². The van der Waals surface area contributed by atoms with Crippen molar-refractivity contribution in [2.75, 3.05) is 25.6 Å². The van der Waals surface area contributed by atoms with Crippen molar-refractivity contribution in [2.24, 2.45) is 5.92 Å². The largest absolute Gasteiger partial charge is 0.495 e. The highest BCUT2D eigenvalue weighted by Gasteiger charge is 2.22. The number of aliphatic hydroxyl groups is 1. The fraction of sp³-hybridized carbons (Fsp3) is 0.647. The predicted octanol–water partition coefficient (Wildman–Crippen LogP) is 3.06. The molecular formula is C17H27NO3. The molecule has 1 aliphatic carbocycles. The van der Waals surface area contributed by atoms with E-state index < -0.39 is 6.10 Å². The first-order valence-electron chi connectivity index (χ1n) is 7.87. The molecule has 0 heterocycles. The number of hydrogen-bond acceptors (Lipinski definition) is 4. The van der Waals surface area contributed by atoms with Gasteiger partial charge in [-0.25, -0.2) is 0 Å². The molecule has 0 aliphatic heterocycles. The van der Waals surface area contributed by atoms with E-state index in [4.69, 9.17) is 9.47 Å². The van der Waals surface area contributed by atoms with Gasteiger partial charge in [-0.3, -0.25) is 0 Å². The molecule has 2 N–H and O–H groups in total. The zero-order valence-corrected chi connectivity index (χ0v) is 13.0. The average molecular weight is 293 g/mol. The second-order valence-electron chi connectivity index (χ2n) is 5.87. The van der Waals surface area contributed by atoms with Gasteiger partial charge >= 0.3 is 0 Å². The van der Waals surface area contributed by atoms with E-state index in [-0.39, 0.29) is 0 Å². The third kappa shape index (κ3) is 4.90. The van der Waals surface area contributed by atoms with Crippen LogP contribution in [0.15, 0.2) is 24.3 Å². The lowest BCUT2D eigenvalue weighted by Gasteiger charge is -2.29. The molecule has 2 rings (SSSR count). The summed E-state index contributed by atoms with van der Waals surface area (Å²) in [5.41, 5.74) is 0.894. The van der Waals surface area contributed by atoms with E-state index in [9.17, 15) is 5.11 Å². The van der Waals surface area contributed by atoms with E-state index in [0.29, 0.717) is 25.2 Å². The smallest absolute Gasteiger partial charge is 0.141 e. The quantitative estimate of drug-likeness (QED) is 0.811. The molecule has 0 bridgehead atoms. The lowest BCUT2D eigenvalue weighted by molar-refractivity contribution is -0.0424. The normalized spacial score (nSPS) is 23.6. The minimum atomic E-state index is -0.510. The number of benzene rings is 1. The van der Waals surface area contributed by atoms with E-state index >= 15 is 0 Å². The van der Waals surface area contributed by atoms with Crippen LogP contribution < -0.4 is 10.1 Å². The van der Waals surface area contributed by atoms with Crippen LogP contribution in [0.4, 0.5) is 5.69 Å². The molecule has 0 saturated heterocycles. The summed E-state index contributed by atoms with van der Waals surface area (Å²) in [4.78, 5) is 0. The Labute approximate surface area is 127 Å². The van der Waals surface area contributed by atoms with Crippen LogP contribution in [0.25, 0.3) is 0 Å². The molecule has 0 radical (unpaired) electrons. The molecule has 1 aliphatic rings. The summed E-state index contributed by atoms with van der Waals surface area (Å²) < 4.78 is 11.2. The van der Waals surface area contributed by atoms with Crippen molar-refractivity contribution >= 4 is 5.69 Å². The van der Waals surface area contributed by atoms with Gasteiger partial charge in [0.05, 0.1) is 31.6 Å². The van der Waals surface area contributed by atoms with E-state index in [1.807, 2.05) is 24.3 Å². The molecule has 1 aromatic rings. The number of anilines is 1. The van der Waals surface area contributed by atoms with Gasteiger partial charge < -0.3 is 19.9 Å². The summed E-state index contributed by atoms with van der Waals surface area (Å²) in [6.07, 6.45) is 4.70. The SMILES string of the molecule is COc1ccccc1NCC(O)COC1CCCCC1C. The number of ether oxygens (including phenoxy) is 2. The number of rotatable bonds is 7. The summed E-state index contributed by atoms with van der Waals surface area (Å²) in [5, 5.41) is 13.3. The molecule has 3 unspecified atom stereocenters. The third-order valence-corrected chi connectivity index (χ3v) is 4.17. The summed E-state index contributed by atoms with van der Waals surface area (Å²) in [6.45, 7) is 3.09. The Hall–Kier alpha value is -1.26. The first kappa shape index (κ1) is 16.1. The lowest BCUT2D eigenvalue weighted by Crippen LogP contribution is -2.32. The molecule has 1 aromatic carbocycles. The minimum Gasteiger partial charge on any atom is -0.495 e. The topological polar surface area (TPSA) is 50.7 Å². The Kier molecular flexibility index (Phi) is 6.33. The number of methoxy groups -OCH3 is 1. The highest BCUT2D eigenvalue weighted by molar-refractivity contribution is 5.56. The van der Waals surface area contributed by atoms with Crippen LogP contribution in [0.2, 0.25) is 0 Å². The Bertz CT molecular complexity index is 424. The van der Waals surface area contributed by atoms with E-state index in [1.54, 1.807) is 7.11 Å². The number of nitrogens with one attached hydrogen (secondary N) is 1. The van der Waals surface area contributed by atoms with E-state index in [0.717, 1.165) is 17.9 Å². The van der Waals surface area contributed by atoms with Gasteiger partial charge in [0, 0.05) is 6.54 Å². The van der Waals surface area contributed by atoms with Crippen LogP contribution in [0, 0.1) is 5.92 Å². The van der Waals surface area contributed by atoms with Crippen LogP contribution in [0.1, 0.15) is 32.6 Å². The van der Waals surface area contributed by atoms with Gasteiger partial charge in [0.1, 0.15) is 5.75 Å². The highest BCUT2D eigenvalue weighted by atomic mass is 16.5. The van der Waals surface area contributed by atoms with Gasteiger partial charge in [-0.1, -0.05) is 31.9 Å². The number of hydrogen-bond donors (Lipinski definition) is 2. The Morgan fingerprint density at radius 1 is 1.29 bits per heavy atom. The average Bonchev–Trinajstić information content (AvgIpc) is 2.52. The molecule has 0 spiro atoms. The molecule has 1 saturated carbocycles. The van der Waals surface area contributed by atoms with Gasteiger partial charge in [-0.15, -0.1) is 0 Å². The van der Waals surface area contributed by atoms with Crippen molar-refractivity contribution in [2.45, 2.75) is 44.8 Å². The monoisotopic (exact) mass is 293 g/mol. The van der Waals surface area contributed by atoms with Crippen molar-refractivity contribution in [3.63, 3.8) is 0 Å². The molecule has 3 atom stereocenters. The molecule has 118 valence electrons. The fourth-order valence-electron chi connectivity index (χ4n) is 2.84. The maximum atomic E-state index is 10.1. The summed E-state index contributed by atoms with van der Waals surface area (Å²) in [7, 11) is 1.64. The summed E-state index contributed by atoms with van der Waals surface area (Å²) >= 11 is 0. The van der Waals surface area contributed by atoms with Crippen molar-refractivity contribution in [3.05, 3.63) is 24.3 Å². The van der Waals surface area contributed by atoms with Gasteiger partial charge in [-0.05, 0) is 30.9 Å². The second kappa shape index (κ2) is 8.25. The molecule has 0 aromatic heterocycles. The Morgan fingerprint density at radius 3 is 2.81 bits per heavy atom. The van der Waals surface area contributed by atoms with Crippen LogP contribution in [-0.2, 0) is 4.74 Å². The lowest BCUT2D eigenvalue weighted by atomic mass is 9.88. The molecule has 21 heavy (non-hydrogen) atoms. The highest BCUT2D eigenvalue weighted by Crippen LogP contribution is 2.26. The minimum absolute atomic E-state index is 0.305. The fourth-order valence-corrected chi connectivity index (χ4v) is 2.84. The molecule has 4 nitrogen and oxygen atoms in total. The van der Waals surface area contributed by atoms with Crippen LogP contribution in [0.3, 0.4) is 0 Å². The van der Waals surface area contributed by atoms with Gasteiger partial charge in [0.15, 0.2) is 0 Å².